The molecule has 21 heavy (non-hydrogen) atoms. The van der Waals surface area contributed by atoms with Gasteiger partial charge >= 0.3 is 11.8 Å². The van der Waals surface area contributed by atoms with Crippen molar-refractivity contribution in [2.75, 3.05) is 6.61 Å². The van der Waals surface area contributed by atoms with Crippen molar-refractivity contribution in [2.45, 2.75) is 13.5 Å². The number of aromatic nitrogens is 2. The zero-order chi connectivity index (χ0) is 15.4. The van der Waals surface area contributed by atoms with Gasteiger partial charge in [0.05, 0.1) is 17.6 Å². The van der Waals surface area contributed by atoms with Crippen molar-refractivity contribution in [3.63, 3.8) is 0 Å². The van der Waals surface area contributed by atoms with E-state index in [0.29, 0.717) is 5.52 Å². The number of imidazole rings is 1. The quantitative estimate of drug-likeness (QED) is 0.785. The molecule has 1 heterocycles. The molecule has 2 aromatic rings. The maximum Gasteiger partial charge on any atom is 0.426 e. The lowest BCUT2D eigenvalue weighted by atomic mass is 10.3. The summed E-state index contributed by atoms with van der Waals surface area (Å²) in [6.07, 6.45) is -0.754. The molecule has 0 unspecified atom stereocenters. The van der Waals surface area contributed by atoms with E-state index in [-0.39, 0.29) is 18.8 Å². The predicted molar refractivity (Wildman–Crippen MR) is 75.5 cm³/mol. The van der Waals surface area contributed by atoms with Crippen LogP contribution < -0.4 is 16.5 Å². The van der Waals surface area contributed by atoms with Crippen molar-refractivity contribution in [1.29, 1.82) is 0 Å². The highest BCUT2D eigenvalue weighted by Gasteiger charge is 2.13. The summed E-state index contributed by atoms with van der Waals surface area (Å²) in [7, 11) is 1.63. The number of nitrogens with one attached hydrogen (secondary N) is 2. The highest BCUT2D eigenvalue weighted by molar-refractivity contribution is 5.82. The Bertz CT molecular complexity index is 731. The van der Waals surface area contributed by atoms with Gasteiger partial charge in [-0.2, -0.15) is 0 Å². The van der Waals surface area contributed by atoms with Crippen LogP contribution >= 0.6 is 0 Å². The van der Waals surface area contributed by atoms with Gasteiger partial charge in [-0.3, -0.25) is 19.4 Å². The van der Waals surface area contributed by atoms with Crippen LogP contribution in [0.25, 0.3) is 11.0 Å². The number of hydrogen-bond acceptors (Lipinski definition) is 4. The number of carbonyl (C=O) groups excluding carboxylic acids is 2. The average Bonchev–Trinajstić information content (AvgIpc) is 2.71. The number of nitrogens with zero attached hydrogens (tertiary/aromatic N) is 2. The fourth-order valence-electron chi connectivity index (χ4n) is 1.99. The number of carbonyl (C=O) groups is 2. The van der Waals surface area contributed by atoms with E-state index in [4.69, 9.17) is 0 Å². The van der Waals surface area contributed by atoms with Gasteiger partial charge in [0, 0.05) is 7.05 Å². The summed E-state index contributed by atoms with van der Waals surface area (Å²) >= 11 is 0. The lowest BCUT2D eigenvalue weighted by Crippen LogP contribution is -2.44. The third kappa shape index (κ3) is 3.04. The summed E-state index contributed by atoms with van der Waals surface area (Å²) in [5.41, 5.74) is 5.36. The van der Waals surface area contributed by atoms with E-state index in [0.717, 1.165) is 5.52 Å². The third-order valence-electron chi connectivity index (χ3n) is 2.93. The molecule has 8 nitrogen and oxygen atoms in total. The van der Waals surface area contributed by atoms with E-state index in [1.54, 1.807) is 32.2 Å². The Kier molecular flexibility index (Phi) is 4.27. The van der Waals surface area contributed by atoms with E-state index in [1.165, 1.54) is 9.13 Å². The number of hydrazine groups is 1. The maximum atomic E-state index is 12.1. The van der Waals surface area contributed by atoms with Gasteiger partial charge in [0.15, 0.2) is 0 Å². The number of hydrogen-bond donors (Lipinski definition) is 2. The summed E-state index contributed by atoms with van der Waals surface area (Å²) in [6.45, 7) is 1.65. The van der Waals surface area contributed by atoms with Gasteiger partial charge in [0.25, 0.3) is 5.91 Å². The fraction of sp³-hybridized carbons (Fsp3) is 0.308. The van der Waals surface area contributed by atoms with Crippen LogP contribution in [-0.2, 0) is 23.1 Å². The first-order valence-corrected chi connectivity index (χ1v) is 6.40. The van der Waals surface area contributed by atoms with Gasteiger partial charge in [-0.25, -0.2) is 15.0 Å². The van der Waals surface area contributed by atoms with Gasteiger partial charge in [-0.05, 0) is 19.1 Å². The SMILES string of the molecule is CCOC(=O)NNC(=O)Cn1c(=O)n(C)c2ccccc21. The topological polar surface area (TPSA) is 94.4 Å². The van der Waals surface area contributed by atoms with Gasteiger partial charge in [0.1, 0.15) is 6.54 Å². The Morgan fingerprint density at radius 1 is 1.19 bits per heavy atom. The molecule has 8 heteroatoms. The summed E-state index contributed by atoms with van der Waals surface area (Å²) < 4.78 is 7.39. The van der Waals surface area contributed by atoms with Crippen molar-refractivity contribution >= 4 is 23.0 Å². The molecule has 0 aliphatic carbocycles. The highest BCUT2D eigenvalue weighted by Crippen LogP contribution is 2.10. The van der Waals surface area contributed by atoms with Crippen molar-refractivity contribution in [2.24, 2.45) is 7.05 Å². The molecule has 1 aromatic carbocycles. The second-order valence-corrected chi connectivity index (χ2v) is 4.31. The molecule has 0 fully saturated rings. The largest absolute Gasteiger partial charge is 0.449 e. The normalized spacial score (nSPS) is 10.4. The van der Waals surface area contributed by atoms with Gasteiger partial charge in [0.2, 0.25) is 0 Å². The number of fused-ring (bicyclic) bond motifs is 1. The molecular formula is C13H16N4O4. The predicted octanol–water partition coefficient (Wildman–Crippen LogP) is 0.117. The van der Waals surface area contributed by atoms with Crippen LogP contribution in [-0.4, -0.2) is 27.7 Å². The molecule has 2 amide bonds. The first-order chi connectivity index (χ1) is 10.0. The van der Waals surface area contributed by atoms with E-state index >= 15 is 0 Å². The van der Waals surface area contributed by atoms with Crippen LogP contribution in [0.5, 0.6) is 0 Å². The van der Waals surface area contributed by atoms with Gasteiger partial charge in [-0.1, -0.05) is 12.1 Å². The lowest BCUT2D eigenvalue weighted by Gasteiger charge is -2.07. The van der Waals surface area contributed by atoms with Crippen LogP contribution in [0, 0.1) is 0 Å². The van der Waals surface area contributed by atoms with Crippen LogP contribution in [0.15, 0.2) is 29.1 Å². The third-order valence-corrected chi connectivity index (χ3v) is 2.93. The maximum absolute atomic E-state index is 12.1. The molecule has 0 saturated carbocycles. The summed E-state index contributed by atoms with van der Waals surface area (Å²) in [6, 6.07) is 7.15. The Morgan fingerprint density at radius 3 is 2.52 bits per heavy atom. The van der Waals surface area contributed by atoms with Crippen molar-refractivity contribution in [3.05, 3.63) is 34.7 Å². The second-order valence-electron chi connectivity index (χ2n) is 4.31. The molecule has 0 aliphatic rings. The lowest BCUT2D eigenvalue weighted by molar-refractivity contribution is -0.122. The van der Waals surface area contributed by atoms with E-state index in [2.05, 4.69) is 15.6 Å². The minimum atomic E-state index is -0.754. The average molecular weight is 292 g/mol. The van der Waals surface area contributed by atoms with Crippen molar-refractivity contribution in [3.8, 4) is 0 Å². The first-order valence-electron chi connectivity index (χ1n) is 6.40. The van der Waals surface area contributed by atoms with Crippen LogP contribution in [0.3, 0.4) is 0 Å². The summed E-state index contributed by atoms with van der Waals surface area (Å²) in [4.78, 5) is 34.9. The summed E-state index contributed by atoms with van der Waals surface area (Å²) in [5, 5.41) is 0. The molecule has 2 rings (SSSR count). The second kappa shape index (κ2) is 6.12. The Hall–Kier alpha value is -2.77. The van der Waals surface area contributed by atoms with Crippen LogP contribution in [0.2, 0.25) is 0 Å². The monoisotopic (exact) mass is 292 g/mol. The molecule has 0 bridgehead atoms. The van der Waals surface area contributed by atoms with E-state index in [1.807, 2.05) is 6.07 Å². The minimum Gasteiger partial charge on any atom is -0.449 e. The number of benzene rings is 1. The fourth-order valence-corrected chi connectivity index (χ4v) is 1.99. The van der Waals surface area contributed by atoms with Gasteiger partial charge < -0.3 is 4.74 Å². The number of para-hydroxylation sites is 2. The molecule has 0 radical (unpaired) electrons. The van der Waals surface area contributed by atoms with Gasteiger partial charge in [-0.15, -0.1) is 0 Å². The van der Waals surface area contributed by atoms with E-state index in [9.17, 15) is 14.4 Å². The zero-order valence-electron chi connectivity index (χ0n) is 11.8. The molecule has 0 aliphatic heterocycles. The number of rotatable bonds is 3. The molecule has 1 aromatic heterocycles. The molecule has 112 valence electrons. The number of aryl methyl sites for hydroxylation is 1. The standard InChI is InChI=1S/C13H16N4O4/c1-3-21-12(19)15-14-11(18)8-17-10-7-5-4-6-9(10)16(2)13(17)20/h4-7H,3,8H2,1-2H3,(H,14,18)(H,15,19). The Labute approximate surface area is 120 Å². The molecular weight excluding hydrogens is 276 g/mol. The zero-order valence-corrected chi connectivity index (χ0v) is 11.8. The molecule has 2 N–H and O–H groups in total. The molecule has 0 spiro atoms. The molecule has 0 saturated heterocycles. The highest BCUT2D eigenvalue weighted by atomic mass is 16.5. The number of ether oxygens (including phenoxy) is 1. The number of amides is 2. The van der Waals surface area contributed by atoms with Crippen LogP contribution in [0.4, 0.5) is 4.79 Å². The smallest absolute Gasteiger partial charge is 0.426 e. The van der Waals surface area contributed by atoms with Crippen LogP contribution in [0.1, 0.15) is 6.92 Å². The molecule has 0 atom stereocenters. The Morgan fingerprint density at radius 2 is 1.86 bits per heavy atom. The Balaban J connectivity index is 2.13. The van der Waals surface area contributed by atoms with E-state index < -0.39 is 12.0 Å². The summed E-state index contributed by atoms with van der Waals surface area (Å²) in [5.74, 6) is -0.526. The first kappa shape index (κ1) is 14.6. The van der Waals surface area contributed by atoms with Crippen molar-refractivity contribution in [1.82, 2.24) is 20.0 Å². The minimum absolute atomic E-state index is 0.199. The van der Waals surface area contributed by atoms with Crippen molar-refractivity contribution < 1.29 is 14.3 Å².